The van der Waals surface area contributed by atoms with E-state index in [0.717, 1.165) is 30.2 Å². The molecule has 0 saturated carbocycles. The highest BCUT2D eigenvalue weighted by molar-refractivity contribution is 7.15. The van der Waals surface area contributed by atoms with Crippen molar-refractivity contribution in [2.24, 2.45) is 0 Å². The minimum Gasteiger partial charge on any atom is -0.290 e. The first kappa shape index (κ1) is 13.2. The smallest absolute Gasteiger partial charge is 0.258 e. The maximum atomic E-state index is 12.1. The second-order valence-electron chi connectivity index (χ2n) is 5.34. The third-order valence-electron chi connectivity index (χ3n) is 4.13. The summed E-state index contributed by atoms with van der Waals surface area (Å²) in [5.41, 5.74) is 2.31. The third-order valence-corrected chi connectivity index (χ3v) is 5.88. The molecule has 4 nitrogen and oxygen atoms in total. The molecule has 3 aromatic rings. The van der Waals surface area contributed by atoms with Crippen LogP contribution >= 0.6 is 22.7 Å². The number of thiophene rings is 1. The van der Waals surface area contributed by atoms with E-state index in [2.05, 4.69) is 28.3 Å². The van der Waals surface area contributed by atoms with Gasteiger partial charge in [-0.25, -0.2) is 4.98 Å². The average Bonchev–Trinajstić information content (AvgIpc) is 3.10. The molecule has 0 saturated heterocycles. The van der Waals surface area contributed by atoms with Gasteiger partial charge in [0.1, 0.15) is 0 Å². The molecular weight excluding hydrogens is 302 g/mol. The second kappa shape index (κ2) is 5.05. The maximum absolute atomic E-state index is 12.1. The van der Waals surface area contributed by atoms with E-state index >= 15 is 0 Å². The molecule has 0 amide bonds. The molecular formula is C15H15N3OS2. The normalized spacial score (nSPS) is 19.0. The van der Waals surface area contributed by atoms with Crippen molar-refractivity contribution >= 4 is 27.6 Å². The van der Waals surface area contributed by atoms with Gasteiger partial charge >= 0.3 is 0 Å². The summed E-state index contributed by atoms with van der Waals surface area (Å²) in [5.74, 6) is 0. The van der Waals surface area contributed by atoms with Crippen LogP contribution < -0.4 is 5.56 Å². The van der Waals surface area contributed by atoms with E-state index in [1.165, 1.54) is 21.8 Å². The Bertz CT molecular complexity index is 848. The van der Waals surface area contributed by atoms with Crippen molar-refractivity contribution in [3.8, 4) is 0 Å². The Balaban J connectivity index is 1.64. The largest absolute Gasteiger partial charge is 0.290 e. The zero-order valence-electron chi connectivity index (χ0n) is 11.7. The number of aromatic nitrogens is 2. The molecule has 4 heterocycles. The predicted octanol–water partition coefficient (Wildman–Crippen LogP) is 2.94. The van der Waals surface area contributed by atoms with Crippen LogP contribution in [0.5, 0.6) is 0 Å². The lowest BCUT2D eigenvalue weighted by Crippen LogP contribution is -2.33. The van der Waals surface area contributed by atoms with E-state index in [1.807, 2.05) is 16.7 Å². The zero-order chi connectivity index (χ0) is 14.4. The lowest BCUT2D eigenvalue weighted by atomic mass is 10.0. The van der Waals surface area contributed by atoms with E-state index < -0.39 is 0 Å². The molecule has 108 valence electrons. The highest BCUT2D eigenvalue weighted by atomic mass is 32.1. The molecule has 1 atom stereocenters. The molecule has 0 fully saturated rings. The molecule has 0 radical (unpaired) electrons. The summed E-state index contributed by atoms with van der Waals surface area (Å²) in [5, 5.41) is 4.07. The van der Waals surface area contributed by atoms with E-state index in [9.17, 15) is 4.79 Å². The van der Waals surface area contributed by atoms with E-state index in [1.54, 1.807) is 16.7 Å². The highest BCUT2D eigenvalue weighted by Crippen LogP contribution is 2.33. The van der Waals surface area contributed by atoms with Gasteiger partial charge < -0.3 is 0 Å². The average molecular weight is 317 g/mol. The first-order valence-corrected chi connectivity index (χ1v) is 8.74. The Morgan fingerprint density at radius 1 is 1.38 bits per heavy atom. The molecule has 3 aromatic heterocycles. The number of nitrogens with zero attached hydrogens (tertiary/aromatic N) is 3. The van der Waals surface area contributed by atoms with Gasteiger partial charge in [0, 0.05) is 41.7 Å². The second-order valence-corrected chi connectivity index (χ2v) is 7.21. The Morgan fingerprint density at radius 2 is 2.29 bits per heavy atom. The third kappa shape index (κ3) is 2.23. The monoisotopic (exact) mass is 317 g/mol. The van der Waals surface area contributed by atoms with Crippen LogP contribution in [-0.2, 0) is 13.0 Å². The summed E-state index contributed by atoms with van der Waals surface area (Å²) in [7, 11) is 0. The molecule has 1 aliphatic rings. The van der Waals surface area contributed by atoms with Crippen molar-refractivity contribution in [1.29, 1.82) is 0 Å². The van der Waals surface area contributed by atoms with Gasteiger partial charge in [-0.3, -0.25) is 14.1 Å². The van der Waals surface area contributed by atoms with Gasteiger partial charge in [-0.05, 0) is 30.4 Å². The van der Waals surface area contributed by atoms with Gasteiger partial charge in [0.2, 0.25) is 0 Å². The van der Waals surface area contributed by atoms with Crippen LogP contribution in [-0.4, -0.2) is 20.8 Å². The molecule has 0 N–H and O–H groups in total. The minimum atomic E-state index is 0.0112. The molecule has 21 heavy (non-hydrogen) atoms. The van der Waals surface area contributed by atoms with Crippen molar-refractivity contribution in [3.05, 3.63) is 55.6 Å². The van der Waals surface area contributed by atoms with Gasteiger partial charge in [0.25, 0.3) is 5.56 Å². The number of rotatable bonds is 2. The van der Waals surface area contributed by atoms with Gasteiger partial charge in [-0.15, -0.1) is 22.7 Å². The molecule has 4 rings (SSSR count). The van der Waals surface area contributed by atoms with E-state index in [4.69, 9.17) is 0 Å². The van der Waals surface area contributed by atoms with Crippen LogP contribution in [0, 0.1) is 0 Å². The Labute approximate surface area is 130 Å². The number of fused-ring (bicyclic) bond motifs is 2. The summed E-state index contributed by atoms with van der Waals surface area (Å²) in [6.07, 6.45) is 2.87. The Morgan fingerprint density at radius 3 is 3.19 bits per heavy atom. The van der Waals surface area contributed by atoms with Crippen molar-refractivity contribution in [3.63, 3.8) is 0 Å². The fourth-order valence-corrected chi connectivity index (χ4v) is 4.66. The minimum absolute atomic E-state index is 0.0112. The van der Waals surface area contributed by atoms with Gasteiger partial charge in [-0.2, -0.15) is 0 Å². The zero-order valence-corrected chi connectivity index (χ0v) is 13.3. The maximum Gasteiger partial charge on any atom is 0.258 e. The summed E-state index contributed by atoms with van der Waals surface area (Å²) >= 11 is 3.35. The van der Waals surface area contributed by atoms with Crippen LogP contribution in [0.4, 0.5) is 0 Å². The van der Waals surface area contributed by atoms with Crippen LogP contribution in [0.1, 0.15) is 29.1 Å². The summed E-state index contributed by atoms with van der Waals surface area (Å²) in [6, 6.07) is 4.28. The number of thiazole rings is 1. The van der Waals surface area contributed by atoms with Gasteiger partial charge in [0.05, 0.1) is 5.69 Å². The standard InChI is InChI=1S/C15H15N3OS2/c1-10-12-3-6-20-13(12)2-4-17(10)9-11-8-14(19)18-5-7-21-15(18)16-11/h3,5-8,10H,2,4,9H2,1H3/t10-/m1/s1. The van der Waals surface area contributed by atoms with E-state index in [-0.39, 0.29) is 5.56 Å². The fraction of sp³-hybridized carbons (Fsp3) is 0.333. The van der Waals surface area contributed by atoms with E-state index in [0.29, 0.717) is 6.04 Å². The molecule has 0 aromatic carbocycles. The molecule has 0 unspecified atom stereocenters. The van der Waals surface area contributed by atoms with Crippen molar-refractivity contribution < 1.29 is 0 Å². The topological polar surface area (TPSA) is 37.6 Å². The van der Waals surface area contributed by atoms with Gasteiger partial charge in [-0.1, -0.05) is 0 Å². The lowest BCUT2D eigenvalue weighted by Gasteiger charge is -2.33. The molecule has 0 aliphatic carbocycles. The van der Waals surface area contributed by atoms with Crippen LogP contribution in [0.25, 0.3) is 4.96 Å². The van der Waals surface area contributed by atoms with Crippen LogP contribution in [0.15, 0.2) is 33.9 Å². The first-order chi connectivity index (χ1) is 10.2. The molecule has 1 aliphatic heterocycles. The highest BCUT2D eigenvalue weighted by Gasteiger charge is 2.25. The fourth-order valence-electron chi connectivity index (χ4n) is 2.95. The molecule has 0 spiro atoms. The molecule has 0 bridgehead atoms. The predicted molar refractivity (Wildman–Crippen MR) is 86.2 cm³/mol. The van der Waals surface area contributed by atoms with Crippen molar-refractivity contribution in [2.45, 2.75) is 25.9 Å². The Kier molecular flexibility index (Phi) is 3.17. The van der Waals surface area contributed by atoms with Crippen molar-refractivity contribution in [1.82, 2.24) is 14.3 Å². The van der Waals surface area contributed by atoms with Crippen LogP contribution in [0.2, 0.25) is 0 Å². The van der Waals surface area contributed by atoms with Crippen molar-refractivity contribution in [2.75, 3.05) is 6.54 Å². The summed E-state index contributed by atoms with van der Waals surface area (Å²) < 4.78 is 1.60. The van der Waals surface area contributed by atoms with Gasteiger partial charge in [0.15, 0.2) is 4.96 Å². The Hall–Kier alpha value is -1.50. The quantitative estimate of drug-likeness (QED) is 0.729. The lowest BCUT2D eigenvalue weighted by molar-refractivity contribution is 0.189. The summed E-state index contributed by atoms with van der Waals surface area (Å²) in [4.78, 5) is 21.3. The molecule has 6 heteroatoms. The summed E-state index contributed by atoms with van der Waals surface area (Å²) in [6.45, 7) is 4.00. The first-order valence-electron chi connectivity index (χ1n) is 6.98. The van der Waals surface area contributed by atoms with Crippen LogP contribution in [0.3, 0.4) is 0 Å². The number of hydrogen-bond donors (Lipinski definition) is 0. The SMILES string of the molecule is C[C@@H]1c2ccsc2CCN1Cc1cc(=O)n2ccsc2n1. The number of hydrogen-bond acceptors (Lipinski definition) is 5.